The van der Waals surface area contributed by atoms with Crippen LogP contribution < -0.4 is 5.46 Å². The van der Waals surface area contributed by atoms with Crippen LogP contribution in [0, 0.1) is 0 Å². The van der Waals surface area contributed by atoms with Crippen molar-refractivity contribution in [2.24, 2.45) is 0 Å². The molecule has 0 saturated carbocycles. The average Bonchev–Trinajstić information content (AvgIpc) is 1.94. The van der Waals surface area contributed by atoms with Gasteiger partial charge in [-0.25, -0.2) is 4.79 Å². The average molecular weight is 212 g/mol. The summed E-state index contributed by atoms with van der Waals surface area (Å²) in [4.78, 5) is 14.1. The normalized spacial score (nSPS) is 9.55. The Hall–Kier alpha value is -0.835. The first-order valence-corrected chi connectivity index (χ1v) is 3.54. The molecule has 1 heterocycles. The van der Waals surface area contributed by atoms with Gasteiger partial charge < -0.3 is 5.11 Å². The van der Waals surface area contributed by atoms with Crippen LogP contribution in [0.5, 0.6) is 0 Å². The molecule has 11 heavy (non-hydrogen) atoms. The number of hydrogen-bond acceptors (Lipinski definition) is 2. The molecule has 1 rings (SSSR count). The topological polar surface area (TPSA) is 50.2 Å². The van der Waals surface area contributed by atoms with Gasteiger partial charge in [-0.3, -0.25) is 4.98 Å². The van der Waals surface area contributed by atoms with Gasteiger partial charge >= 0.3 is 5.97 Å². The number of carboxylic acid groups (broad SMARTS) is 1. The van der Waals surface area contributed by atoms with Crippen LogP contribution >= 0.6 is 15.9 Å². The maximum Gasteiger partial charge on any atom is 0.338 e. The van der Waals surface area contributed by atoms with E-state index in [4.69, 9.17) is 13.0 Å². The standard InChI is InChI=1S/C6H3BBrNO2/c7-4-2-9-1-3(5(4)8)6(10)11/h1-2H,(H,10,11). The van der Waals surface area contributed by atoms with Gasteiger partial charge in [0.05, 0.1) is 5.56 Å². The Morgan fingerprint density at radius 2 is 2.27 bits per heavy atom. The van der Waals surface area contributed by atoms with Crippen LogP contribution in [0.3, 0.4) is 0 Å². The quantitative estimate of drug-likeness (QED) is 0.682. The van der Waals surface area contributed by atoms with Gasteiger partial charge in [-0.1, -0.05) is 21.4 Å². The molecule has 0 fully saturated rings. The third-order valence-electron chi connectivity index (χ3n) is 1.14. The highest BCUT2D eigenvalue weighted by atomic mass is 79.9. The first kappa shape index (κ1) is 8.26. The number of hydrogen-bond donors (Lipinski definition) is 1. The highest BCUT2D eigenvalue weighted by Crippen LogP contribution is 2.11. The number of aromatic carboxylic acids is 1. The van der Waals surface area contributed by atoms with E-state index in [9.17, 15) is 4.79 Å². The van der Waals surface area contributed by atoms with Crippen LogP contribution in [0.15, 0.2) is 16.9 Å². The molecule has 0 unspecified atom stereocenters. The summed E-state index contributed by atoms with van der Waals surface area (Å²) in [5.41, 5.74) is 0.398. The van der Waals surface area contributed by atoms with E-state index in [1.807, 2.05) is 0 Å². The van der Waals surface area contributed by atoms with E-state index in [1.165, 1.54) is 12.4 Å². The third kappa shape index (κ3) is 1.60. The molecule has 0 bridgehead atoms. The van der Waals surface area contributed by atoms with Gasteiger partial charge in [0.2, 0.25) is 0 Å². The molecule has 0 amide bonds. The van der Waals surface area contributed by atoms with Gasteiger partial charge in [0.25, 0.3) is 0 Å². The monoisotopic (exact) mass is 211 g/mol. The van der Waals surface area contributed by atoms with Gasteiger partial charge in [0.15, 0.2) is 0 Å². The summed E-state index contributed by atoms with van der Waals surface area (Å²) >= 11 is 3.03. The summed E-state index contributed by atoms with van der Waals surface area (Å²) in [6.45, 7) is 0. The van der Waals surface area contributed by atoms with Gasteiger partial charge in [0.1, 0.15) is 7.85 Å². The Morgan fingerprint density at radius 1 is 1.64 bits per heavy atom. The van der Waals surface area contributed by atoms with Crippen LogP contribution in [0.1, 0.15) is 10.4 Å². The first-order chi connectivity index (χ1) is 5.13. The molecule has 1 N–H and O–H groups in total. The molecule has 54 valence electrons. The minimum absolute atomic E-state index is 0.0741. The highest BCUT2D eigenvalue weighted by molar-refractivity contribution is 9.10. The summed E-state index contributed by atoms with van der Waals surface area (Å²) in [7, 11) is 5.39. The van der Waals surface area contributed by atoms with E-state index in [1.54, 1.807) is 0 Å². The lowest BCUT2D eigenvalue weighted by Gasteiger charge is -2.00. The fourth-order valence-electron chi connectivity index (χ4n) is 0.610. The van der Waals surface area contributed by atoms with E-state index in [0.29, 0.717) is 9.94 Å². The molecule has 0 aliphatic rings. The summed E-state index contributed by atoms with van der Waals surface area (Å²) in [6.07, 6.45) is 2.62. The zero-order valence-electron chi connectivity index (χ0n) is 5.41. The van der Waals surface area contributed by atoms with E-state index < -0.39 is 5.97 Å². The van der Waals surface area contributed by atoms with E-state index in [0.717, 1.165) is 0 Å². The minimum Gasteiger partial charge on any atom is -0.478 e. The summed E-state index contributed by atoms with van der Waals surface area (Å²) in [5, 5.41) is 8.56. The molecular weight excluding hydrogens is 209 g/mol. The second kappa shape index (κ2) is 3.05. The molecule has 0 aromatic carbocycles. The van der Waals surface area contributed by atoms with Crippen molar-refractivity contribution >= 4 is 35.2 Å². The Kier molecular flexibility index (Phi) is 2.29. The lowest BCUT2D eigenvalue weighted by molar-refractivity contribution is 0.0695. The van der Waals surface area contributed by atoms with E-state index in [2.05, 4.69) is 20.9 Å². The molecule has 0 aliphatic heterocycles. The van der Waals surface area contributed by atoms with Crippen molar-refractivity contribution in [3.8, 4) is 0 Å². The van der Waals surface area contributed by atoms with Crippen LogP contribution in [0.25, 0.3) is 0 Å². The number of halogens is 1. The fourth-order valence-corrected chi connectivity index (χ4v) is 0.984. The van der Waals surface area contributed by atoms with Crippen LogP contribution in [0.4, 0.5) is 0 Å². The van der Waals surface area contributed by atoms with E-state index in [-0.39, 0.29) is 5.56 Å². The Labute approximate surface area is 73.0 Å². The predicted octanol–water partition coefficient (Wildman–Crippen LogP) is 0.336. The highest BCUT2D eigenvalue weighted by Gasteiger charge is 2.08. The summed E-state index contributed by atoms with van der Waals surface area (Å²) in [6, 6.07) is 0. The predicted molar refractivity (Wildman–Crippen MR) is 44.3 cm³/mol. The number of rotatable bonds is 1. The van der Waals surface area contributed by atoms with Crippen molar-refractivity contribution in [3.63, 3.8) is 0 Å². The van der Waals surface area contributed by atoms with Crippen LogP contribution in [-0.2, 0) is 0 Å². The molecule has 0 atom stereocenters. The fraction of sp³-hybridized carbons (Fsp3) is 0. The maximum absolute atomic E-state index is 10.4. The minimum atomic E-state index is -1.04. The van der Waals surface area contributed by atoms with Gasteiger partial charge in [0, 0.05) is 16.9 Å². The zero-order valence-corrected chi connectivity index (χ0v) is 7.00. The molecule has 1 aromatic rings. The van der Waals surface area contributed by atoms with E-state index >= 15 is 0 Å². The maximum atomic E-state index is 10.4. The lowest BCUT2D eigenvalue weighted by Crippen LogP contribution is -2.11. The summed E-state index contributed by atoms with van der Waals surface area (Å²) < 4.78 is 0.375. The van der Waals surface area contributed by atoms with Crippen LogP contribution in [-0.4, -0.2) is 23.9 Å². The van der Waals surface area contributed by atoms with Crippen molar-refractivity contribution in [1.29, 1.82) is 0 Å². The second-order valence-electron chi connectivity index (χ2n) is 1.90. The van der Waals surface area contributed by atoms with Crippen molar-refractivity contribution in [1.82, 2.24) is 4.98 Å². The van der Waals surface area contributed by atoms with Gasteiger partial charge in [-0.05, 0) is 0 Å². The lowest BCUT2D eigenvalue weighted by atomic mass is 9.97. The smallest absolute Gasteiger partial charge is 0.338 e. The molecule has 0 spiro atoms. The molecule has 0 saturated heterocycles. The zero-order chi connectivity index (χ0) is 8.43. The van der Waals surface area contributed by atoms with Crippen molar-refractivity contribution in [3.05, 3.63) is 22.4 Å². The van der Waals surface area contributed by atoms with Gasteiger partial charge in [-0.15, -0.1) is 0 Å². The molecular formula is C6H3BBrNO2. The first-order valence-electron chi connectivity index (χ1n) is 2.75. The molecule has 0 aliphatic carbocycles. The number of nitrogens with zero attached hydrogens (tertiary/aromatic N) is 1. The SMILES string of the molecule is [B]c1cncc(C(=O)O)c1Br. The Balaban J connectivity index is 3.27. The summed E-state index contributed by atoms with van der Waals surface area (Å²) in [5.74, 6) is -1.04. The number of aromatic nitrogens is 1. The largest absolute Gasteiger partial charge is 0.478 e. The Bertz CT molecular complexity index is 303. The number of carbonyl (C=O) groups is 1. The van der Waals surface area contributed by atoms with Gasteiger partial charge in [-0.2, -0.15) is 0 Å². The third-order valence-corrected chi connectivity index (χ3v) is 2.02. The number of carboxylic acids is 1. The molecule has 1 aromatic heterocycles. The van der Waals surface area contributed by atoms with Crippen molar-refractivity contribution in [2.45, 2.75) is 0 Å². The van der Waals surface area contributed by atoms with Crippen LogP contribution in [0.2, 0.25) is 0 Å². The molecule has 3 nitrogen and oxygen atoms in total. The number of pyridine rings is 1. The molecule has 2 radical (unpaired) electrons. The Morgan fingerprint density at radius 3 is 2.73 bits per heavy atom. The van der Waals surface area contributed by atoms with Crippen molar-refractivity contribution < 1.29 is 9.90 Å². The second-order valence-corrected chi connectivity index (χ2v) is 2.69. The molecule has 5 heteroatoms. The van der Waals surface area contributed by atoms with Crippen molar-refractivity contribution in [2.75, 3.05) is 0 Å².